The van der Waals surface area contributed by atoms with Gasteiger partial charge in [-0.15, -0.1) is 0 Å². The SMILES string of the molecule is Cc1cc(C)cc(-n2[nH]c(C3CCCC3)cc2=S)c1. The summed E-state index contributed by atoms with van der Waals surface area (Å²) in [5.41, 5.74) is 5.00. The third-order valence-corrected chi connectivity index (χ3v) is 4.30. The molecule has 0 saturated heterocycles. The van der Waals surface area contributed by atoms with Crippen molar-refractivity contribution in [3.8, 4) is 5.69 Å². The van der Waals surface area contributed by atoms with Crippen molar-refractivity contribution < 1.29 is 0 Å². The Morgan fingerprint density at radius 3 is 2.32 bits per heavy atom. The van der Waals surface area contributed by atoms with Crippen molar-refractivity contribution in [3.05, 3.63) is 45.7 Å². The zero-order valence-electron chi connectivity index (χ0n) is 11.6. The molecule has 1 aromatic heterocycles. The third kappa shape index (κ3) is 2.52. The largest absolute Gasteiger partial charge is 0.297 e. The molecule has 1 heterocycles. The van der Waals surface area contributed by atoms with Crippen LogP contribution in [0.1, 0.15) is 48.4 Å². The summed E-state index contributed by atoms with van der Waals surface area (Å²) in [6.45, 7) is 4.25. The number of aryl methyl sites for hydroxylation is 2. The lowest BCUT2D eigenvalue weighted by molar-refractivity contribution is 0.678. The van der Waals surface area contributed by atoms with Gasteiger partial charge in [-0.3, -0.25) is 5.10 Å². The van der Waals surface area contributed by atoms with E-state index in [2.05, 4.69) is 43.2 Å². The normalized spacial score (nSPS) is 16.1. The van der Waals surface area contributed by atoms with E-state index in [9.17, 15) is 0 Å². The van der Waals surface area contributed by atoms with Crippen molar-refractivity contribution in [1.29, 1.82) is 0 Å². The van der Waals surface area contributed by atoms with E-state index < -0.39 is 0 Å². The van der Waals surface area contributed by atoms with Crippen LogP contribution in [0.5, 0.6) is 0 Å². The molecule has 0 aliphatic heterocycles. The monoisotopic (exact) mass is 272 g/mol. The highest BCUT2D eigenvalue weighted by atomic mass is 32.1. The van der Waals surface area contributed by atoms with Gasteiger partial charge in [0.15, 0.2) is 0 Å². The van der Waals surface area contributed by atoms with Gasteiger partial charge >= 0.3 is 0 Å². The molecule has 0 radical (unpaired) electrons. The summed E-state index contributed by atoms with van der Waals surface area (Å²) in [5, 5.41) is 3.51. The average molecular weight is 272 g/mol. The van der Waals surface area contributed by atoms with Gasteiger partial charge in [0, 0.05) is 11.6 Å². The molecule has 1 saturated carbocycles. The molecular weight excluding hydrogens is 252 g/mol. The van der Waals surface area contributed by atoms with Crippen LogP contribution in [-0.2, 0) is 0 Å². The quantitative estimate of drug-likeness (QED) is 0.778. The van der Waals surface area contributed by atoms with Crippen LogP contribution in [-0.4, -0.2) is 9.78 Å². The minimum Gasteiger partial charge on any atom is -0.297 e. The van der Waals surface area contributed by atoms with Crippen LogP contribution in [0.15, 0.2) is 24.3 Å². The molecule has 0 spiro atoms. The lowest BCUT2D eigenvalue weighted by atomic mass is 10.1. The fourth-order valence-electron chi connectivity index (χ4n) is 3.13. The van der Waals surface area contributed by atoms with Gasteiger partial charge in [-0.05, 0) is 56.0 Å². The lowest BCUT2D eigenvalue weighted by Crippen LogP contribution is -2.00. The maximum Gasteiger partial charge on any atom is 0.127 e. The number of hydrogen-bond donors (Lipinski definition) is 1. The molecule has 19 heavy (non-hydrogen) atoms. The van der Waals surface area contributed by atoms with Crippen LogP contribution >= 0.6 is 12.2 Å². The molecule has 1 N–H and O–H groups in total. The number of hydrogen-bond acceptors (Lipinski definition) is 1. The second kappa shape index (κ2) is 4.97. The van der Waals surface area contributed by atoms with Gasteiger partial charge in [0.05, 0.1) is 5.69 Å². The van der Waals surface area contributed by atoms with E-state index in [1.54, 1.807) is 0 Å². The molecule has 2 nitrogen and oxygen atoms in total. The Labute approximate surface area is 119 Å². The average Bonchev–Trinajstić information content (AvgIpc) is 2.95. The highest BCUT2D eigenvalue weighted by Gasteiger charge is 2.19. The lowest BCUT2D eigenvalue weighted by Gasteiger charge is -2.08. The van der Waals surface area contributed by atoms with Gasteiger partial charge in [0.25, 0.3) is 0 Å². The molecule has 0 atom stereocenters. The van der Waals surface area contributed by atoms with Crippen molar-refractivity contribution in [2.24, 2.45) is 0 Å². The Hall–Kier alpha value is -1.35. The fraction of sp³-hybridized carbons (Fsp3) is 0.438. The number of nitrogens with zero attached hydrogens (tertiary/aromatic N) is 1. The first-order chi connectivity index (χ1) is 9.13. The maximum absolute atomic E-state index is 5.51. The van der Waals surface area contributed by atoms with Crippen LogP contribution in [0.4, 0.5) is 0 Å². The highest BCUT2D eigenvalue weighted by molar-refractivity contribution is 7.71. The molecule has 100 valence electrons. The predicted molar refractivity (Wildman–Crippen MR) is 81.6 cm³/mol. The van der Waals surface area contributed by atoms with E-state index in [0.717, 1.165) is 10.3 Å². The highest BCUT2D eigenvalue weighted by Crippen LogP contribution is 2.33. The third-order valence-electron chi connectivity index (χ3n) is 4.00. The van der Waals surface area contributed by atoms with Crippen molar-refractivity contribution in [2.75, 3.05) is 0 Å². The van der Waals surface area contributed by atoms with Gasteiger partial charge in [-0.25, -0.2) is 4.68 Å². The van der Waals surface area contributed by atoms with Crippen molar-refractivity contribution in [2.45, 2.75) is 45.4 Å². The van der Waals surface area contributed by atoms with Crippen LogP contribution < -0.4 is 0 Å². The summed E-state index contributed by atoms with van der Waals surface area (Å²) >= 11 is 5.51. The summed E-state index contributed by atoms with van der Waals surface area (Å²) < 4.78 is 2.93. The number of aromatic amines is 1. The van der Waals surface area contributed by atoms with Gasteiger partial charge in [0.1, 0.15) is 4.64 Å². The van der Waals surface area contributed by atoms with Crippen LogP contribution in [0.2, 0.25) is 0 Å². The van der Waals surface area contributed by atoms with Crippen molar-refractivity contribution >= 4 is 12.2 Å². The zero-order valence-corrected chi connectivity index (χ0v) is 12.4. The number of H-pyrrole nitrogens is 1. The first kappa shape index (κ1) is 12.7. The van der Waals surface area contributed by atoms with Crippen LogP contribution in [0.25, 0.3) is 5.69 Å². The Morgan fingerprint density at radius 1 is 1.05 bits per heavy atom. The molecule has 1 fully saturated rings. The molecule has 3 heteroatoms. The summed E-state index contributed by atoms with van der Waals surface area (Å²) in [7, 11) is 0. The van der Waals surface area contributed by atoms with Gasteiger partial charge in [0.2, 0.25) is 0 Å². The minimum absolute atomic E-state index is 0.675. The summed E-state index contributed by atoms with van der Waals surface area (Å²) in [6, 6.07) is 8.69. The first-order valence-corrected chi connectivity index (χ1v) is 7.45. The number of aromatic nitrogens is 2. The Morgan fingerprint density at radius 2 is 1.68 bits per heavy atom. The van der Waals surface area contributed by atoms with Crippen LogP contribution in [0, 0.1) is 18.5 Å². The molecule has 1 aliphatic carbocycles. The zero-order chi connectivity index (χ0) is 13.4. The Bertz CT molecular complexity index is 625. The molecule has 0 amide bonds. The second-order valence-corrected chi connectivity index (χ2v) is 6.13. The van der Waals surface area contributed by atoms with E-state index in [1.165, 1.54) is 42.5 Å². The second-order valence-electron chi connectivity index (χ2n) is 5.71. The van der Waals surface area contributed by atoms with Gasteiger partial charge < -0.3 is 0 Å². The number of benzene rings is 1. The summed E-state index contributed by atoms with van der Waals surface area (Å²) in [4.78, 5) is 0. The van der Waals surface area contributed by atoms with E-state index in [-0.39, 0.29) is 0 Å². The van der Waals surface area contributed by atoms with E-state index in [0.29, 0.717) is 5.92 Å². The smallest absolute Gasteiger partial charge is 0.127 e. The van der Waals surface area contributed by atoms with E-state index in [1.807, 2.05) is 4.68 Å². The standard InChI is InChI=1S/C16H20N2S/c1-11-7-12(2)9-14(8-11)18-16(19)10-15(17-18)13-5-3-4-6-13/h7-10,13,17H,3-6H2,1-2H3. The van der Waals surface area contributed by atoms with Crippen molar-refractivity contribution in [3.63, 3.8) is 0 Å². The molecule has 2 aromatic rings. The molecule has 1 aromatic carbocycles. The first-order valence-electron chi connectivity index (χ1n) is 7.04. The van der Waals surface area contributed by atoms with Gasteiger partial charge in [-0.1, -0.05) is 31.1 Å². The minimum atomic E-state index is 0.675. The van der Waals surface area contributed by atoms with Gasteiger partial charge in [-0.2, -0.15) is 0 Å². The Kier molecular flexibility index (Phi) is 3.31. The van der Waals surface area contributed by atoms with Crippen LogP contribution in [0.3, 0.4) is 0 Å². The van der Waals surface area contributed by atoms with Crippen molar-refractivity contribution in [1.82, 2.24) is 9.78 Å². The summed E-state index contributed by atoms with van der Waals surface area (Å²) in [5.74, 6) is 0.675. The Balaban J connectivity index is 2.02. The predicted octanol–water partition coefficient (Wildman–Crippen LogP) is 4.81. The summed E-state index contributed by atoms with van der Waals surface area (Å²) in [6.07, 6.45) is 5.28. The molecule has 1 aliphatic rings. The van der Waals surface area contributed by atoms with E-state index in [4.69, 9.17) is 12.2 Å². The maximum atomic E-state index is 5.51. The fourth-order valence-corrected chi connectivity index (χ4v) is 3.41. The number of rotatable bonds is 2. The molecule has 0 unspecified atom stereocenters. The molecule has 0 bridgehead atoms. The topological polar surface area (TPSA) is 20.7 Å². The molecule has 3 rings (SSSR count). The molecular formula is C16H20N2S. The van der Waals surface area contributed by atoms with E-state index >= 15 is 0 Å². The number of nitrogens with one attached hydrogen (secondary N) is 1.